The number of nitrogens with zero attached hydrogens (tertiary/aromatic N) is 1. The van der Waals surface area contributed by atoms with Crippen LogP contribution in [0.5, 0.6) is 17.2 Å². The van der Waals surface area contributed by atoms with Crippen LogP contribution in [0, 0.1) is 11.6 Å². The smallest absolute Gasteiger partial charge is 0.178 e. The van der Waals surface area contributed by atoms with E-state index in [1.165, 1.54) is 13.2 Å². The summed E-state index contributed by atoms with van der Waals surface area (Å²) in [4.78, 5) is 4.17. The first kappa shape index (κ1) is 14.5. The second-order valence-electron chi connectivity index (χ2n) is 4.47. The van der Waals surface area contributed by atoms with Crippen LogP contribution in [-0.4, -0.2) is 12.1 Å². The fraction of sp³-hybridized carbons (Fsp3) is 0.0625. The number of hydrogen-bond donors (Lipinski definition) is 0. The van der Waals surface area contributed by atoms with Gasteiger partial charge in [0.15, 0.2) is 23.1 Å². The lowest BCUT2D eigenvalue weighted by molar-refractivity contribution is 0.373. The Bertz CT molecular complexity index is 855. The molecule has 0 fully saturated rings. The minimum atomic E-state index is -0.805. The van der Waals surface area contributed by atoms with Gasteiger partial charge >= 0.3 is 0 Å². The summed E-state index contributed by atoms with van der Waals surface area (Å²) in [6, 6.07) is 9.73. The molecular formula is C16H10ClF2NO2. The molecule has 3 nitrogen and oxygen atoms in total. The van der Waals surface area contributed by atoms with Crippen molar-refractivity contribution in [2.24, 2.45) is 0 Å². The molecule has 0 N–H and O–H groups in total. The highest BCUT2D eigenvalue weighted by molar-refractivity contribution is 6.29. The van der Waals surface area contributed by atoms with Crippen molar-refractivity contribution < 1.29 is 18.3 Å². The molecule has 112 valence electrons. The zero-order valence-electron chi connectivity index (χ0n) is 11.4. The van der Waals surface area contributed by atoms with Crippen LogP contribution in [0.4, 0.5) is 8.78 Å². The Morgan fingerprint density at radius 3 is 2.50 bits per heavy atom. The predicted octanol–water partition coefficient (Wildman–Crippen LogP) is 4.97. The molecule has 0 saturated heterocycles. The van der Waals surface area contributed by atoms with Crippen LogP contribution in [0.15, 0.2) is 42.5 Å². The molecule has 1 aromatic heterocycles. The van der Waals surface area contributed by atoms with Gasteiger partial charge in [0, 0.05) is 11.5 Å². The molecule has 22 heavy (non-hydrogen) atoms. The van der Waals surface area contributed by atoms with Crippen LogP contribution in [0.1, 0.15) is 0 Å². The SMILES string of the molecule is COc1ccc2nc(Cl)ccc2c1Oc1ccc(F)cc1F. The molecule has 0 spiro atoms. The monoisotopic (exact) mass is 321 g/mol. The molecule has 0 aliphatic heterocycles. The van der Waals surface area contributed by atoms with E-state index >= 15 is 0 Å². The van der Waals surface area contributed by atoms with Gasteiger partial charge in [-0.05, 0) is 36.4 Å². The van der Waals surface area contributed by atoms with Gasteiger partial charge in [-0.15, -0.1) is 0 Å². The molecule has 1 heterocycles. The summed E-state index contributed by atoms with van der Waals surface area (Å²) >= 11 is 5.86. The third-order valence-electron chi connectivity index (χ3n) is 3.08. The maximum atomic E-state index is 13.8. The number of hydrogen-bond acceptors (Lipinski definition) is 3. The highest BCUT2D eigenvalue weighted by Gasteiger charge is 2.14. The van der Waals surface area contributed by atoms with Gasteiger partial charge in [0.2, 0.25) is 0 Å². The lowest BCUT2D eigenvalue weighted by atomic mass is 10.2. The van der Waals surface area contributed by atoms with E-state index < -0.39 is 11.6 Å². The van der Waals surface area contributed by atoms with Crippen LogP contribution in [0.3, 0.4) is 0 Å². The fourth-order valence-corrected chi connectivity index (χ4v) is 2.22. The van der Waals surface area contributed by atoms with E-state index in [2.05, 4.69) is 4.98 Å². The van der Waals surface area contributed by atoms with E-state index in [1.54, 1.807) is 24.3 Å². The molecule has 0 amide bonds. The van der Waals surface area contributed by atoms with Gasteiger partial charge in [0.05, 0.1) is 12.6 Å². The Hall–Kier alpha value is -2.40. The molecule has 0 atom stereocenters. The number of benzene rings is 2. The van der Waals surface area contributed by atoms with Crippen LogP contribution < -0.4 is 9.47 Å². The minimum Gasteiger partial charge on any atom is -0.493 e. The summed E-state index contributed by atoms with van der Waals surface area (Å²) in [5.41, 5.74) is 0.575. The number of rotatable bonds is 3. The van der Waals surface area contributed by atoms with E-state index in [0.717, 1.165) is 12.1 Å². The van der Waals surface area contributed by atoms with Crippen molar-refractivity contribution in [1.82, 2.24) is 4.98 Å². The Morgan fingerprint density at radius 1 is 1.00 bits per heavy atom. The maximum absolute atomic E-state index is 13.8. The average molecular weight is 322 g/mol. The quantitative estimate of drug-likeness (QED) is 0.638. The van der Waals surface area contributed by atoms with E-state index in [1.807, 2.05) is 0 Å². The van der Waals surface area contributed by atoms with Crippen molar-refractivity contribution in [3.63, 3.8) is 0 Å². The molecule has 0 saturated carbocycles. The number of aromatic nitrogens is 1. The summed E-state index contributed by atoms with van der Waals surface area (Å²) < 4.78 is 37.6. The Kier molecular flexibility index (Phi) is 3.81. The van der Waals surface area contributed by atoms with Crippen molar-refractivity contribution in [1.29, 1.82) is 0 Å². The van der Waals surface area contributed by atoms with Gasteiger partial charge in [-0.2, -0.15) is 0 Å². The first-order chi connectivity index (χ1) is 10.6. The Labute approximate surface area is 130 Å². The number of ether oxygens (including phenoxy) is 2. The molecule has 0 aliphatic carbocycles. The summed E-state index contributed by atoms with van der Waals surface area (Å²) in [6.07, 6.45) is 0. The number of pyridine rings is 1. The molecule has 3 rings (SSSR count). The molecule has 0 unspecified atom stereocenters. The number of fused-ring (bicyclic) bond motifs is 1. The molecule has 0 aliphatic rings. The van der Waals surface area contributed by atoms with Crippen molar-refractivity contribution in [3.05, 3.63) is 59.3 Å². The predicted molar refractivity (Wildman–Crippen MR) is 79.7 cm³/mol. The Balaban J connectivity index is 2.15. The maximum Gasteiger partial charge on any atom is 0.178 e. The molecule has 2 aromatic carbocycles. The topological polar surface area (TPSA) is 31.4 Å². The number of halogens is 3. The van der Waals surface area contributed by atoms with Crippen LogP contribution in [0.25, 0.3) is 10.9 Å². The lowest BCUT2D eigenvalue weighted by Crippen LogP contribution is -1.95. The first-order valence-electron chi connectivity index (χ1n) is 6.34. The van der Waals surface area contributed by atoms with Gasteiger partial charge in [-0.1, -0.05) is 11.6 Å². The Morgan fingerprint density at radius 2 is 1.77 bits per heavy atom. The van der Waals surface area contributed by atoms with Crippen molar-refractivity contribution in [2.75, 3.05) is 7.11 Å². The molecule has 0 radical (unpaired) electrons. The van der Waals surface area contributed by atoms with Gasteiger partial charge in [0.25, 0.3) is 0 Å². The molecule has 6 heteroatoms. The summed E-state index contributed by atoms with van der Waals surface area (Å²) in [5, 5.41) is 0.934. The minimum absolute atomic E-state index is 0.109. The van der Waals surface area contributed by atoms with Gasteiger partial charge in [-0.25, -0.2) is 13.8 Å². The normalized spacial score (nSPS) is 10.7. The van der Waals surface area contributed by atoms with E-state index in [0.29, 0.717) is 21.8 Å². The van der Waals surface area contributed by atoms with Crippen LogP contribution in [0.2, 0.25) is 5.15 Å². The van der Waals surface area contributed by atoms with Gasteiger partial charge in [-0.3, -0.25) is 0 Å². The van der Waals surface area contributed by atoms with E-state index in [-0.39, 0.29) is 11.5 Å². The van der Waals surface area contributed by atoms with Gasteiger partial charge in [0.1, 0.15) is 11.0 Å². The molecular weight excluding hydrogens is 312 g/mol. The molecule has 3 aromatic rings. The average Bonchev–Trinajstić information content (AvgIpc) is 2.49. The van der Waals surface area contributed by atoms with Crippen LogP contribution in [-0.2, 0) is 0 Å². The van der Waals surface area contributed by atoms with Crippen LogP contribution >= 0.6 is 11.6 Å². The highest BCUT2D eigenvalue weighted by atomic mass is 35.5. The summed E-state index contributed by atoms with van der Waals surface area (Å²) in [7, 11) is 1.47. The highest BCUT2D eigenvalue weighted by Crippen LogP contribution is 2.39. The number of methoxy groups -OCH3 is 1. The van der Waals surface area contributed by atoms with E-state index in [9.17, 15) is 8.78 Å². The second kappa shape index (κ2) is 5.77. The second-order valence-corrected chi connectivity index (χ2v) is 4.86. The van der Waals surface area contributed by atoms with Crippen molar-refractivity contribution in [2.45, 2.75) is 0 Å². The third-order valence-corrected chi connectivity index (χ3v) is 3.29. The molecule has 0 bridgehead atoms. The zero-order valence-corrected chi connectivity index (χ0v) is 12.2. The summed E-state index contributed by atoms with van der Waals surface area (Å²) in [5.74, 6) is -0.902. The fourth-order valence-electron chi connectivity index (χ4n) is 2.07. The van der Waals surface area contributed by atoms with Crippen molar-refractivity contribution >= 4 is 22.5 Å². The lowest BCUT2D eigenvalue weighted by Gasteiger charge is -2.13. The first-order valence-corrected chi connectivity index (χ1v) is 6.72. The third kappa shape index (κ3) is 2.67. The standard InChI is InChI=1S/C16H10ClF2NO2/c1-21-14-6-4-12-10(3-7-15(17)20-12)16(14)22-13-5-2-9(18)8-11(13)19/h2-8H,1H3. The van der Waals surface area contributed by atoms with E-state index in [4.69, 9.17) is 21.1 Å². The van der Waals surface area contributed by atoms with Crippen molar-refractivity contribution in [3.8, 4) is 17.2 Å². The summed E-state index contributed by atoms with van der Waals surface area (Å²) in [6.45, 7) is 0. The van der Waals surface area contributed by atoms with Gasteiger partial charge < -0.3 is 9.47 Å². The zero-order chi connectivity index (χ0) is 15.7. The largest absolute Gasteiger partial charge is 0.493 e.